The topological polar surface area (TPSA) is 12.0 Å². The van der Waals surface area contributed by atoms with Crippen LogP contribution in [0.5, 0.6) is 0 Å². The Labute approximate surface area is 114 Å². The lowest BCUT2D eigenvalue weighted by Crippen LogP contribution is -2.22. The van der Waals surface area contributed by atoms with Gasteiger partial charge in [0.05, 0.1) is 0 Å². The summed E-state index contributed by atoms with van der Waals surface area (Å²) < 4.78 is 0. The van der Waals surface area contributed by atoms with Crippen molar-refractivity contribution < 1.29 is 0 Å². The minimum absolute atomic E-state index is 0.731. The molecular weight excluding hydrogens is 238 g/mol. The highest BCUT2D eigenvalue weighted by Crippen LogP contribution is 2.18. The van der Waals surface area contributed by atoms with Crippen LogP contribution in [0.2, 0.25) is 0 Å². The van der Waals surface area contributed by atoms with E-state index in [9.17, 15) is 0 Å². The Bertz CT molecular complexity index is 490. The van der Waals surface area contributed by atoms with Crippen LogP contribution < -0.4 is 5.32 Å². The first kappa shape index (κ1) is 13.4. The van der Waals surface area contributed by atoms with Gasteiger partial charge in [0.2, 0.25) is 0 Å². The van der Waals surface area contributed by atoms with Gasteiger partial charge in [0, 0.05) is 6.54 Å². The van der Waals surface area contributed by atoms with Crippen LogP contribution in [0.25, 0.3) is 10.8 Å². The maximum absolute atomic E-state index is 3.57. The Hall–Kier alpha value is -0.990. The summed E-state index contributed by atoms with van der Waals surface area (Å²) in [7, 11) is 0. The van der Waals surface area contributed by atoms with E-state index in [1.807, 2.05) is 11.8 Å². The zero-order valence-electron chi connectivity index (χ0n) is 11.1. The Morgan fingerprint density at radius 3 is 2.72 bits per heavy atom. The van der Waals surface area contributed by atoms with E-state index in [1.165, 1.54) is 22.1 Å². The van der Waals surface area contributed by atoms with E-state index >= 15 is 0 Å². The van der Waals surface area contributed by atoms with Gasteiger partial charge in [-0.3, -0.25) is 0 Å². The molecule has 0 spiro atoms. The molecule has 0 aliphatic carbocycles. The normalized spacial score (nSPS) is 12.8. The monoisotopic (exact) mass is 259 g/mol. The van der Waals surface area contributed by atoms with Gasteiger partial charge in [-0.15, -0.1) is 0 Å². The van der Waals surface area contributed by atoms with Crippen LogP contribution >= 0.6 is 11.8 Å². The van der Waals surface area contributed by atoms with Crippen LogP contribution in [0.3, 0.4) is 0 Å². The molecule has 0 aromatic heterocycles. The third-order valence-corrected chi connectivity index (χ3v) is 4.04. The quantitative estimate of drug-likeness (QED) is 0.843. The van der Waals surface area contributed by atoms with Crippen LogP contribution in [-0.2, 0) is 6.54 Å². The average Bonchev–Trinajstić information content (AvgIpc) is 2.39. The van der Waals surface area contributed by atoms with Crippen molar-refractivity contribution in [1.82, 2.24) is 5.32 Å². The molecule has 0 aliphatic rings. The third kappa shape index (κ3) is 3.50. The summed E-state index contributed by atoms with van der Waals surface area (Å²) in [6, 6.07) is 15.1. The van der Waals surface area contributed by atoms with Crippen molar-refractivity contribution in [3.8, 4) is 0 Å². The Kier molecular flexibility index (Phi) is 5.09. The molecule has 2 heteroatoms. The number of nitrogens with one attached hydrogen (secondary N) is 1. The maximum atomic E-state index is 3.57. The molecule has 1 atom stereocenters. The van der Waals surface area contributed by atoms with Gasteiger partial charge in [-0.1, -0.05) is 49.4 Å². The smallest absolute Gasteiger partial charge is 0.0211 e. The molecule has 96 valence electrons. The summed E-state index contributed by atoms with van der Waals surface area (Å²) in [6.07, 6.45) is 2.17. The maximum Gasteiger partial charge on any atom is 0.0211 e. The van der Waals surface area contributed by atoms with Gasteiger partial charge in [0.15, 0.2) is 0 Å². The lowest BCUT2D eigenvalue weighted by molar-refractivity contribution is 0.560. The van der Waals surface area contributed by atoms with Crippen LogP contribution in [0.4, 0.5) is 0 Å². The zero-order chi connectivity index (χ0) is 12.8. The Morgan fingerprint density at radius 2 is 1.89 bits per heavy atom. The third-order valence-electron chi connectivity index (χ3n) is 3.14. The highest BCUT2D eigenvalue weighted by atomic mass is 32.2. The Morgan fingerprint density at radius 1 is 1.11 bits per heavy atom. The van der Waals surface area contributed by atoms with Crippen molar-refractivity contribution in [3.63, 3.8) is 0 Å². The number of fused-ring (bicyclic) bond motifs is 1. The summed E-state index contributed by atoms with van der Waals surface area (Å²) in [5, 5.41) is 6.26. The second-order valence-electron chi connectivity index (χ2n) is 4.83. The summed E-state index contributed by atoms with van der Waals surface area (Å²) in [4.78, 5) is 0. The first-order valence-electron chi connectivity index (χ1n) is 6.47. The fraction of sp³-hybridized carbons (Fsp3) is 0.375. The summed E-state index contributed by atoms with van der Waals surface area (Å²) in [5.41, 5.74) is 1.39. The van der Waals surface area contributed by atoms with Crippen molar-refractivity contribution in [2.75, 3.05) is 18.6 Å². The number of hydrogen-bond donors (Lipinski definition) is 1. The fourth-order valence-electron chi connectivity index (χ4n) is 2.24. The zero-order valence-corrected chi connectivity index (χ0v) is 12.0. The van der Waals surface area contributed by atoms with Gasteiger partial charge in [-0.05, 0) is 40.8 Å². The summed E-state index contributed by atoms with van der Waals surface area (Å²) in [5.74, 6) is 1.96. The van der Waals surface area contributed by atoms with E-state index in [0.29, 0.717) is 0 Å². The molecule has 1 unspecified atom stereocenters. The van der Waals surface area contributed by atoms with Gasteiger partial charge in [-0.2, -0.15) is 11.8 Å². The predicted molar refractivity (Wildman–Crippen MR) is 83.2 cm³/mol. The van der Waals surface area contributed by atoms with Gasteiger partial charge in [-0.25, -0.2) is 0 Å². The number of hydrogen-bond acceptors (Lipinski definition) is 2. The molecular formula is C16H21NS. The molecule has 0 amide bonds. The van der Waals surface area contributed by atoms with Crippen LogP contribution in [0.1, 0.15) is 12.5 Å². The molecule has 0 heterocycles. The molecule has 1 nitrogen and oxygen atoms in total. The summed E-state index contributed by atoms with van der Waals surface area (Å²) in [6.45, 7) is 4.34. The molecule has 0 saturated carbocycles. The number of benzene rings is 2. The molecule has 1 N–H and O–H groups in total. The van der Waals surface area contributed by atoms with E-state index in [-0.39, 0.29) is 0 Å². The van der Waals surface area contributed by atoms with Crippen LogP contribution in [0.15, 0.2) is 42.5 Å². The minimum atomic E-state index is 0.731. The second-order valence-corrected chi connectivity index (χ2v) is 5.74. The van der Waals surface area contributed by atoms with E-state index in [1.54, 1.807) is 0 Å². The SMILES string of the molecule is CSCC(C)CNCc1cccc2ccccc12. The molecule has 2 aromatic rings. The van der Waals surface area contributed by atoms with Crippen LogP contribution in [0, 0.1) is 5.92 Å². The lowest BCUT2D eigenvalue weighted by Gasteiger charge is -2.12. The van der Waals surface area contributed by atoms with Gasteiger partial charge >= 0.3 is 0 Å². The highest BCUT2D eigenvalue weighted by Gasteiger charge is 2.02. The number of thioether (sulfide) groups is 1. The van der Waals surface area contributed by atoms with E-state index < -0.39 is 0 Å². The van der Waals surface area contributed by atoms with E-state index in [2.05, 4.69) is 61.0 Å². The standard InChI is InChI=1S/C16H21NS/c1-13(12-18-2)10-17-11-15-8-5-7-14-6-3-4-9-16(14)15/h3-9,13,17H,10-12H2,1-2H3. The number of rotatable bonds is 6. The van der Waals surface area contributed by atoms with Crippen molar-refractivity contribution in [2.24, 2.45) is 5.92 Å². The van der Waals surface area contributed by atoms with E-state index in [0.717, 1.165) is 19.0 Å². The molecule has 2 rings (SSSR count). The molecule has 0 saturated heterocycles. The highest BCUT2D eigenvalue weighted by molar-refractivity contribution is 7.98. The lowest BCUT2D eigenvalue weighted by atomic mass is 10.0. The molecule has 0 aliphatic heterocycles. The molecule has 0 bridgehead atoms. The van der Waals surface area contributed by atoms with Crippen LogP contribution in [-0.4, -0.2) is 18.6 Å². The molecule has 0 radical (unpaired) electrons. The predicted octanol–water partition coefficient (Wildman–Crippen LogP) is 3.93. The van der Waals surface area contributed by atoms with Crippen molar-refractivity contribution >= 4 is 22.5 Å². The van der Waals surface area contributed by atoms with Gasteiger partial charge in [0.25, 0.3) is 0 Å². The average molecular weight is 259 g/mol. The second kappa shape index (κ2) is 6.81. The fourth-order valence-corrected chi connectivity index (χ4v) is 2.93. The van der Waals surface area contributed by atoms with E-state index in [4.69, 9.17) is 0 Å². The summed E-state index contributed by atoms with van der Waals surface area (Å²) >= 11 is 1.92. The van der Waals surface area contributed by atoms with Gasteiger partial charge < -0.3 is 5.32 Å². The first-order chi connectivity index (χ1) is 8.81. The van der Waals surface area contributed by atoms with Crippen molar-refractivity contribution in [2.45, 2.75) is 13.5 Å². The molecule has 0 fully saturated rings. The van der Waals surface area contributed by atoms with Crippen molar-refractivity contribution in [3.05, 3.63) is 48.0 Å². The minimum Gasteiger partial charge on any atom is -0.312 e. The largest absolute Gasteiger partial charge is 0.312 e. The molecule has 18 heavy (non-hydrogen) atoms. The van der Waals surface area contributed by atoms with Crippen molar-refractivity contribution in [1.29, 1.82) is 0 Å². The Balaban J connectivity index is 1.99. The van der Waals surface area contributed by atoms with Gasteiger partial charge in [0.1, 0.15) is 0 Å². The first-order valence-corrected chi connectivity index (χ1v) is 7.87. The molecule has 2 aromatic carbocycles.